The van der Waals surface area contributed by atoms with E-state index in [0.29, 0.717) is 22.7 Å². The van der Waals surface area contributed by atoms with Crippen molar-refractivity contribution in [2.45, 2.75) is 19.8 Å². The Morgan fingerprint density at radius 2 is 2.32 bits per heavy atom. The number of nitrogens with two attached hydrogens (primary N) is 1. The monoisotopic (exact) mass is 280 g/mol. The Hall–Kier alpha value is -2.02. The first-order valence-electron chi connectivity index (χ1n) is 5.79. The molecule has 0 aliphatic carbocycles. The normalized spacial score (nSPS) is 10.4. The number of hydrogen-bond acceptors (Lipinski definition) is 5. The molecule has 0 unspecified atom stereocenters. The molecule has 1 aromatic heterocycles. The number of aryl methyl sites for hydroxylation is 1. The van der Waals surface area contributed by atoms with Crippen molar-refractivity contribution in [1.29, 1.82) is 0 Å². The highest BCUT2D eigenvalue weighted by Gasteiger charge is 2.17. The van der Waals surface area contributed by atoms with Crippen LogP contribution in [-0.2, 0) is 6.42 Å². The molecule has 0 saturated carbocycles. The van der Waals surface area contributed by atoms with Gasteiger partial charge in [-0.05, 0) is 36.2 Å². The summed E-state index contributed by atoms with van der Waals surface area (Å²) in [5.74, 6) is -0.944. The van der Waals surface area contributed by atoms with Gasteiger partial charge in [0.1, 0.15) is 10.7 Å². The number of halogens is 1. The first-order valence-corrected chi connectivity index (χ1v) is 6.56. The second kappa shape index (κ2) is 5.75. The third-order valence-electron chi connectivity index (χ3n) is 2.49. The first-order chi connectivity index (χ1) is 9.11. The Balaban J connectivity index is 2.21. The largest absolute Gasteiger partial charge is 0.399 e. The number of rotatable bonds is 4. The Bertz CT molecular complexity index is 599. The van der Waals surface area contributed by atoms with Gasteiger partial charge in [-0.25, -0.2) is 4.39 Å². The van der Waals surface area contributed by atoms with E-state index in [-0.39, 0.29) is 5.69 Å². The van der Waals surface area contributed by atoms with Crippen molar-refractivity contribution in [2.75, 3.05) is 11.1 Å². The summed E-state index contributed by atoms with van der Waals surface area (Å²) < 4.78 is 17.3. The van der Waals surface area contributed by atoms with Gasteiger partial charge in [0.05, 0.1) is 11.4 Å². The molecular formula is C12H13FN4OS. The van der Waals surface area contributed by atoms with Crippen LogP contribution >= 0.6 is 11.5 Å². The molecule has 1 heterocycles. The number of nitrogens with zero attached hydrogens (tertiary/aromatic N) is 2. The number of hydrogen-bond donors (Lipinski definition) is 2. The number of carbonyl (C=O) groups excluding carboxylic acids is 1. The number of anilines is 2. The van der Waals surface area contributed by atoms with Crippen LogP contribution in [-0.4, -0.2) is 15.5 Å². The number of aromatic nitrogens is 2. The zero-order valence-corrected chi connectivity index (χ0v) is 11.1. The van der Waals surface area contributed by atoms with Crippen LogP contribution in [0.2, 0.25) is 0 Å². The molecule has 2 rings (SSSR count). The zero-order chi connectivity index (χ0) is 13.8. The quantitative estimate of drug-likeness (QED) is 0.843. The van der Waals surface area contributed by atoms with Gasteiger partial charge in [0.15, 0.2) is 0 Å². The minimum absolute atomic E-state index is 0.0563. The molecule has 3 N–H and O–H groups in total. The Labute approximate surface area is 113 Å². The molecule has 5 nitrogen and oxygen atoms in total. The molecule has 0 fully saturated rings. The van der Waals surface area contributed by atoms with E-state index in [4.69, 9.17) is 5.73 Å². The van der Waals surface area contributed by atoms with Crippen molar-refractivity contribution in [2.24, 2.45) is 0 Å². The molecule has 0 aliphatic rings. The third kappa shape index (κ3) is 3.05. The number of nitrogen functional groups attached to an aromatic ring is 1. The molecule has 0 radical (unpaired) electrons. The van der Waals surface area contributed by atoms with Gasteiger partial charge in [-0.15, -0.1) is 5.10 Å². The Morgan fingerprint density at radius 1 is 1.53 bits per heavy atom. The molecule has 7 heteroatoms. The third-order valence-corrected chi connectivity index (χ3v) is 3.25. The summed E-state index contributed by atoms with van der Waals surface area (Å²) in [7, 11) is 0. The Kier molecular flexibility index (Phi) is 4.06. The summed E-state index contributed by atoms with van der Waals surface area (Å²) >= 11 is 1.00. The summed E-state index contributed by atoms with van der Waals surface area (Å²) in [4.78, 5) is 12.5. The van der Waals surface area contributed by atoms with Crippen LogP contribution in [0, 0.1) is 5.82 Å². The fraction of sp³-hybridized carbons (Fsp3) is 0.250. The Morgan fingerprint density at radius 3 is 3.05 bits per heavy atom. The van der Waals surface area contributed by atoms with E-state index in [9.17, 15) is 9.18 Å². The highest BCUT2D eigenvalue weighted by Crippen LogP contribution is 2.20. The van der Waals surface area contributed by atoms with Crippen molar-refractivity contribution >= 4 is 28.8 Å². The van der Waals surface area contributed by atoms with Gasteiger partial charge in [-0.3, -0.25) is 4.79 Å². The van der Waals surface area contributed by atoms with Crippen molar-refractivity contribution in [3.8, 4) is 0 Å². The molecule has 0 saturated heterocycles. The maximum atomic E-state index is 13.5. The van der Waals surface area contributed by atoms with Crippen molar-refractivity contribution in [3.05, 3.63) is 34.6 Å². The maximum Gasteiger partial charge on any atom is 0.269 e. The van der Waals surface area contributed by atoms with Crippen molar-refractivity contribution < 1.29 is 9.18 Å². The molecule has 0 spiro atoms. The van der Waals surface area contributed by atoms with E-state index >= 15 is 0 Å². The first kappa shape index (κ1) is 13.4. The molecule has 0 atom stereocenters. The predicted molar refractivity (Wildman–Crippen MR) is 72.7 cm³/mol. The summed E-state index contributed by atoms with van der Waals surface area (Å²) in [6, 6.07) is 4.02. The van der Waals surface area contributed by atoms with Crippen LogP contribution in [0.3, 0.4) is 0 Å². The van der Waals surface area contributed by atoms with E-state index in [1.165, 1.54) is 18.2 Å². The summed E-state index contributed by atoms with van der Waals surface area (Å²) in [5, 5.41) is 6.39. The van der Waals surface area contributed by atoms with E-state index in [2.05, 4.69) is 14.9 Å². The summed E-state index contributed by atoms with van der Waals surface area (Å²) in [6.07, 6.45) is 1.52. The average molecular weight is 280 g/mol. The molecule has 19 heavy (non-hydrogen) atoms. The number of carbonyl (C=O) groups is 1. The van der Waals surface area contributed by atoms with Gasteiger partial charge in [0.25, 0.3) is 5.91 Å². The fourth-order valence-corrected chi connectivity index (χ4v) is 2.20. The molecule has 2 aromatic rings. The lowest BCUT2D eigenvalue weighted by molar-refractivity contribution is 0.102. The molecule has 100 valence electrons. The van der Waals surface area contributed by atoms with Crippen molar-refractivity contribution in [1.82, 2.24) is 9.59 Å². The molecule has 1 aromatic carbocycles. The smallest absolute Gasteiger partial charge is 0.269 e. The van der Waals surface area contributed by atoms with E-state index in [1.807, 2.05) is 6.92 Å². The average Bonchev–Trinajstić information content (AvgIpc) is 2.82. The van der Waals surface area contributed by atoms with E-state index in [0.717, 1.165) is 18.0 Å². The van der Waals surface area contributed by atoms with Crippen LogP contribution in [0.5, 0.6) is 0 Å². The van der Waals surface area contributed by atoms with E-state index < -0.39 is 11.7 Å². The summed E-state index contributed by atoms with van der Waals surface area (Å²) in [5.41, 5.74) is 6.63. The van der Waals surface area contributed by atoms with Crippen LogP contribution < -0.4 is 11.1 Å². The standard InChI is InChI=1S/C12H13FN4OS/c1-2-3-9-11(19-17-16-9)12(18)15-10-6-7(14)4-5-8(10)13/h4-6H,2-3,14H2,1H3,(H,15,18). The lowest BCUT2D eigenvalue weighted by Gasteiger charge is -2.06. The maximum absolute atomic E-state index is 13.5. The highest BCUT2D eigenvalue weighted by molar-refractivity contribution is 7.08. The van der Waals surface area contributed by atoms with E-state index in [1.54, 1.807) is 0 Å². The highest BCUT2D eigenvalue weighted by atomic mass is 32.1. The minimum Gasteiger partial charge on any atom is -0.399 e. The number of benzene rings is 1. The van der Waals surface area contributed by atoms with Gasteiger partial charge in [-0.2, -0.15) is 0 Å². The van der Waals surface area contributed by atoms with Gasteiger partial charge in [0, 0.05) is 5.69 Å². The molecule has 1 amide bonds. The summed E-state index contributed by atoms with van der Waals surface area (Å²) in [6.45, 7) is 1.98. The second-order valence-electron chi connectivity index (χ2n) is 3.99. The molecule has 0 aliphatic heterocycles. The van der Waals surface area contributed by atoms with Crippen molar-refractivity contribution in [3.63, 3.8) is 0 Å². The topological polar surface area (TPSA) is 80.9 Å². The number of amides is 1. The van der Waals surface area contributed by atoms with Gasteiger partial charge in [-0.1, -0.05) is 17.8 Å². The van der Waals surface area contributed by atoms with Crippen LogP contribution in [0.1, 0.15) is 28.7 Å². The van der Waals surface area contributed by atoms with Gasteiger partial charge in [0.2, 0.25) is 0 Å². The lowest BCUT2D eigenvalue weighted by Crippen LogP contribution is -2.13. The van der Waals surface area contributed by atoms with Crippen LogP contribution in [0.4, 0.5) is 15.8 Å². The zero-order valence-electron chi connectivity index (χ0n) is 10.3. The van der Waals surface area contributed by atoms with Crippen LogP contribution in [0.25, 0.3) is 0 Å². The number of nitrogens with one attached hydrogen (secondary N) is 1. The van der Waals surface area contributed by atoms with Crippen LogP contribution in [0.15, 0.2) is 18.2 Å². The fourth-order valence-electron chi connectivity index (χ4n) is 1.60. The predicted octanol–water partition coefficient (Wildman–Crippen LogP) is 2.46. The van der Waals surface area contributed by atoms with Gasteiger partial charge >= 0.3 is 0 Å². The lowest BCUT2D eigenvalue weighted by atomic mass is 10.2. The van der Waals surface area contributed by atoms with Gasteiger partial charge < -0.3 is 11.1 Å². The second-order valence-corrected chi connectivity index (χ2v) is 4.75. The SMILES string of the molecule is CCCc1nnsc1C(=O)Nc1cc(N)ccc1F. The molecule has 0 bridgehead atoms. The molecular weight excluding hydrogens is 267 g/mol. The minimum atomic E-state index is -0.530.